The molecule has 1 aromatic rings. The summed E-state index contributed by atoms with van der Waals surface area (Å²) in [5.74, 6) is -0.110. The van der Waals surface area contributed by atoms with Crippen LogP contribution in [0.2, 0.25) is 0 Å². The predicted molar refractivity (Wildman–Crippen MR) is 94.7 cm³/mol. The third-order valence-corrected chi connectivity index (χ3v) is 5.58. The van der Waals surface area contributed by atoms with Crippen LogP contribution in [0.25, 0.3) is 0 Å². The number of cyclic esters (lactones) is 1. The zero-order valence-corrected chi connectivity index (χ0v) is 15.8. The third kappa shape index (κ3) is 4.64. The van der Waals surface area contributed by atoms with Gasteiger partial charge in [-0.2, -0.15) is 0 Å². The molecule has 2 amide bonds. The van der Waals surface area contributed by atoms with Gasteiger partial charge in [-0.05, 0) is 25.1 Å². The fraction of sp³-hybridized carbons (Fsp3) is 0.500. The molecule has 0 atom stereocenters. The quantitative estimate of drug-likeness (QED) is 0.719. The average molecular weight is 385 g/mol. The van der Waals surface area contributed by atoms with Gasteiger partial charge in [-0.25, -0.2) is 17.5 Å². The van der Waals surface area contributed by atoms with Gasteiger partial charge in [0.15, 0.2) is 0 Å². The molecule has 1 fully saturated rings. The number of hydrogen-bond donors (Lipinski definition) is 1. The summed E-state index contributed by atoms with van der Waals surface area (Å²) in [4.78, 5) is 24.9. The van der Waals surface area contributed by atoms with Crippen molar-refractivity contribution in [3.63, 3.8) is 0 Å². The Morgan fingerprint density at radius 2 is 2.12 bits per heavy atom. The summed E-state index contributed by atoms with van der Waals surface area (Å²) in [5, 5.41) is 2.65. The number of nitrogens with one attached hydrogen (secondary N) is 1. The second-order valence-corrected chi connectivity index (χ2v) is 7.90. The van der Waals surface area contributed by atoms with Crippen molar-refractivity contribution < 1.29 is 27.5 Å². The van der Waals surface area contributed by atoms with Crippen LogP contribution >= 0.6 is 0 Å². The van der Waals surface area contributed by atoms with E-state index in [-0.39, 0.29) is 29.5 Å². The van der Waals surface area contributed by atoms with Gasteiger partial charge in [0.2, 0.25) is 15.9 Å². The van der Waals surface area contributed by atoms with Gasteiger partial charge >= 0.3 is 6.09 Å². The van der Waals surface area contributed by atoms with Crippen LogP contribution in [0.5, 0.6) is 5.75 Å². The Labute approximate surface area is 152 Å². The van der Waals surface area contributed by atoms with Gasteiger partial charge in [0, 0.05) is 32.7 Å². The van der Waals surface area contributed by atoms with E-state index in [1.165, 1.54) is 31.1 Å². The van der Waals surface area contributed by atoms with Gasteiger partial charge in [-0.15, -0.1) is 0 Å². The lowest BCUT2D eigenvalue weighted by Crippen LogP contribution is -2.28. The van der Waals surface area contributed by atoms with Crippen LogP contribution in [0, 0.1) is 0 Å². The fourth-order valence-electron chi connectivity index (χ4n) is 2.35. The first kappa shape index (κ1) is 20.0. The molecule has 26 heavy (non-hydrogen) atoms. The van der Waals surface area contributed by atoms with Crippen molar-refractivity contribution >= 4 is 27.7 Å². The molecule has 9 nitrogen and oxygen atoms in total. The second-order valence-electron chi connectivity index (χ2n) is 5.78. The molecule has 0 aromatic heterocycles. The number of rotatable bonds is 8. The lowest BCUT2D eigenvalue weighted by atomic mass is 10.3. The monoisotopic (exact) mass is 385 g/mol. The molecule has 1 saturated heterocycles. The molecule has 0 aliphatic carbocycles. The Balaban J connectivity index is 2.11. The summed E-state index contributed by atoms with van der Waals surface area (Å²) in [7, 11) is -0.889. The summed E-state index contributed by atoms with van der Waals surface area (Å²) >= 11 is 0. The summed E-state index contributed by atoms with van der Waals surface area (Å²) in [6.07, 6.45) is -0.351. The van der Waals surface area contributed by atoms with Crippen molar-refractivity contribution in [1.29, 1.82) is 0 Å². The maximum atomic E-state index is 12.5. The third-order valence-electron chi connectivity index (χ3n) is 3.74. The smallest absolute Gasteiger partial charge is 0.409 e. The highest BCUT2D eigenvalue weighted by molar-refractivity contribution is 7.89. The van der Waals surface area contributed by atoms with E-state index >= 15 is 0 Å². The lowest BCUT2D eigenvalue weighted by Gasteiger charge is -2.17. The zero-order chi connectivity index (χ0) is 19.3. The van der Waals surface area contributed by atoms with Crippen LogP contribution in [-0.4, -0.2) is 70.0 Å². The van der Waals surface area contributed by atoms with E-state index in [4.69, 9.17) is 9.47 Å². The topological polar surface area (TPSA) is 105 Å². The minimum atomic E-state index is -3.73. The zero-order valence-electron chi connectivity index (χ0n) is 15.0. The molecule has 0 radical (unpaired) electrons. The minimum Gasteiger partial charge on any atom is -0.492 e. The Bertz CT molecular complexity index is 778. The lowest BCUT2D eigenvalue weighted by molar-refractivity contribution is -0.116. The number of sulfonamides is 1. The Kier molecular flexibility index (Phi) is 6.43. The molecule has 1 N–H and O–H groups in total. The maximum Gasteiger partial charge on any atom is 0.409 e. The summed E-state index contributed by atoms with van der Waals surface area (Å²) in [6.45, 7) is 3.09. The molecule has 1 aromatic carbocycles. The molecule has 1 aliphatic heterocycles. The van der Waals surface area contributed by atoms with Crippen LogP contribution in [0.15, 0.2) is 23.1 Å². The van der Waals surface area contributed by atoms with Crippen molar-refractivity contribution in [1.82, 2.24) is 9.21 Å². The van der Waals surface area contributed by atoms with Gasteiger partial charge < -0.3 is 19.7 Å². The van der Waals surface area contributed by atoms with Crippen molar-refractivity contribution in [3.05, 3.63) is 18.2 Å². The predicted octanol–water partition coefficient (Wildman–Crippen LogP) is 1.12. The molecule has 1 heterocycles. The molecular weight excluding hydrogens is 362 g/mol. The van der Waals surface area contributed by atoms with Gasteiger partial charge in [0.25, 0.3) is 0 Å². The summed E-state index contributed by atoms with van der Waals surface area (Å²) in [5.41, 5.74) is 0.336. The highest BCUT2D eigenvalue weighted by atomic mass is 32.2. The summed E-state index contributed by atoms with van der Waals surface area (Å²) in [6, 6.07) is 4.44. The van der Waals surface area contributed by atoms with Crippen LogP contribution in [-0.2, 0) is 19.6 Å². The van der Waals surface area contributed by atoms with Gasteiger partial charge in [-0.1, -0.05) is 0 Å². The van der Waals surface area contributed by atoms with E-state index in [0.717, 1.165) is 4.31 Å². The molecule has 0 spiro atoms. The van der Waals surface area contributed by atoms with Crippen LogP contribution < -0.4 is 10.1 Å². The van der Waals surface area contributed by atoms with Crippen molar-refractivity contribution in [2.75, 3.05) is 45.7 Å². The SMILES string of the molecule is CCOc1ccc(NC(=O)CCN2CCOC2=O)cc1S(=O)(=O)N(C)C. The molecule has 2 rings (SSSR count). The first-order valence-corrected chi connectivity index (χ1v) is 9.60. The molecular formula is C16H23N3O6S. The van der Waals surface area contributed by atoms with E-state index in [1.807, 2.05) is 0 Å². The van der Waals surface area contributed by atoms with Crippen molar-refractivity contribution in [2.45, 2.75) is 18.2 Å². The highest BCUT2D eigenvalue weighted by Gasteiger charge is 2.24. The summed E-state index contributed by atoms with van der Waals surface area (Å²) < 4.78 is 36.2. The van der Waals surface area contributed by atoms with Gasteiger partial charge in [-0.3, -0.25) is 4.79 Å². The van der Waals surface area contributed by atoms with E-state index in [0.29, 0.717) is 25.4 Å². The van der Waals surface area contributed by atoms with Crippen LogP contribution in [0.4, 0.5) is 10.5 Å². The largest absolute Gasteiger partial charge is 0.492 e. The molecule has 0 bridgehead atoms. The molecule has 0 saturated carbocycles. The number of amides is 2. The fourth-order valence-corrected chi connectivity index (χ4v) is 3.40. The second kappa shape index (κ2) is 8.37. The van der Waals surface area contributed by atoms with E-state index in [9.17, 15) is 18.0 Å². The normalized spacial score (nSPS) is 14.5. The number of hydrogen-bond acceptors (Lipinski definition) is 6. The molecule has 144 valence electrons. The van der Waals surface area contributed by atoms with E-state index < -0.39 is 16.1 Å². The average Bonchev–Trinajstić information content (AvgIpc) is 2.99. The standard InChI is InChI=1S/C16H23N3O6S/c1-4-24-13-6-5-12(11-14(13)26(22,23)18(2)3)17-15(20)7-8-19-9-10-25-16(19)21/h5-6,11H,4,7-10H2,1-3H3,(H,17,20). The number of ether oxygens (including phenoxy) is 2. The molecule has 10 heteroatoms. The van der Waals surface area contributed by atoms with Crippen molar-refractivity contribution in [3.8, 4) is 5.75 Å². The number of carbonyl (C=O) groups is 2. The number of nitrogens with zero attached hydrogens (tertiary/aromatic N) is 2. The number of carbonyl (C=O) groups excluding carboxylic acids is 2. The Hall–Kier alpha value is -2.33. The minimum absolute atomic E-state index is 0.0229. The number of anilines is 1. The van der Waals surface area contributed by atoms with E-state index in [1.54, 1.807) is 13.0 Å². The molecule has 1 aliphatic rings. The van der Waals surface area contributed by atoms with Crippen molar-refractivity contribution in [2.24, 2.45) is 0 Å². The van der Waals surface area contributed by atoms with Gasteiger partial charge in [0.05, 0.1) is 13.2 Å². The highest BCUT2D eigenvalue weighted by Crippen LogP contribution is 2.29. The van der Waals surface area contributed by atoms with Gasteiger partial charge in [0.1, 0.15) is 17.3 Å². The number of benzene rings is 1. The first-order valence-electron chi connectivity index (χ1n) is 8.16. The maximum absolute atomic E-state index is 12.5. The Morgan fingerprint density at radius 3 is 2.69 bits per heavy atom. The van der Waals surface area contributed by atoms with E-state index in [2.05, 4.69) is 5.32 Å². The first-order chi connectivity index (χ1) is 12.3. The molecule has 0 unspecified atom stereocenters. The van der Waals surface area contributed by atoms with Crippen LogP contribution in [0.1, 0.15) is 13.3 Å². The van der Waals surface area contributed by atoms with Crippen LogP contribution in [0.3, 0.4) is 0 Å². The Morgan fingerprint density at radius 1 is 1.38 bits per heavy atom.